The maximum Gasteiger partial charge on any atom is 0.328 e. The van der Waals surface area contributed by atoms with E-state index < -0.39 is 19.2 Å². The molecule has 0 heterocycles. The molecular formula is C11H23O5P. The van der Waals surface area contributed by atoms with Gasteiger partial charge in [0.1, 0.15) is 0 Å². The third kappa shape index (κ3) is 9.33. The highest BCUT2D eigenvalue weighted by molar-refractivity contribution is 7.52. The minimum atomic E-state index is -4.03. The second kappa shape index (κ2) is 8.67. The molecule has 0 aromatic heterocycles. The average Bonchev–Trinajstić information content (AvgIpc) is 2.19. The Hall–Kier alpha value is -0.380. The molecule has 0 bridgehead atoms. The summed E-state index contributed by atoms with van der Waals surface area (Å²) < 4.78 is 11.2. The highest BCUT2D eigenvalue weighted by atomic mass is 31.2. The van der Waals surface area contributed by atoms with Crippen LogP contribution in [0.1, 0.15) is 58.3 Å². The van der Waals surface area contributed by atoms with E-state index in [1.807, 2.05) is 6.92 Å². The molecule has 0 aliphatic carbocycles. The van der Waals surface area contributed by atoms with E-state index in [-0.39, 0.29) is 6.42 Å². The number of carboxylic acid groups (broad SMARTS) is 1. The Kier molecular flexibility index (Phi) is 8.48. The topological polar surface area (TPSA) is 94.8 Å². The highest BCUT2D eigenvalue weighted by Gasteiger charge is 2.27. The van der Waals surface area contributed by atoms with Crippen molar-refractivity contribution in [3.8, 4) is 0 Å². The van der Waals surface area contributed by atoms with Gasteiger partial charge in [-0.15, -0.1) is 0 Å². The van der Waals surface area contributed by atoms with Gasteiger partial charge in [0.05, 0.1) is 5.66 Å². The highest BCUT2D eigenvalue weighted by Crippen LogP contribution is 2.46. The van der Waals surface area contributed by atoms with Gasteiger partial charge < -0.3 is 14.9 Å². The zero-order chi connectivity index (χ0) is 13.3. The molecule has 0 radical (unpaired) electrons. The molecule has 0 saturated carbocycles. The van der Waals surface area contributed by atoms with Crippen LogP contribution >= 0.6 is 7.60 Å². The van der Waals surface area contributed by atoms with E-state index in [1.54, 1.807) is 0 Å². The molecule has 5 nitrogen and oxygen atoms in total. The smallest absolute Gasteiger partial charge is 0.328 e. The number of aliphatic carboxylic acids is 1. The van der Waals surface area contributed by atoms with E-state index >= 15 is 0 Å². The van der Waals surface area contributed by atoms with Crippen molar-refractivity contribution in [1.82, 2.24) is 0 Å². The van der Waals surface area contributed by atoms with Crippen LogP contribution in [0.25, 0.3) is 0 Å². The van der Waals surface area contributed by atoms with E-state index in [0.717, 1.165) is 19.3 Å². The van der Waals surface area contributed by atoms with Crippen LogP contribution < -0.4 is 0 Å². The quantitative estimate of drug-likeness (QED) is 0.417. The first-order chi connectivity index (χ1) is 7.88. The standard InChI is InChI=1S/C11H23O5P/c1-2-3-4-7-10(17(14,15)16)8-5-6-9-11(12)13/h10H,2-9H2,1H3,(H,12,13)(H2,14,15,16). The first kappa shape index (κ1) is 16.6. The van der Waals surface area contributed by atoms with Crippen LogP contribution in [0.5, 0.6) is 0 Å². The predicted molar refractivity (Wildman–Crippen MR) is 66.1 cm³/mol. The maximum atomic E-state index is 11.2. The van der Waals surface area contributed by atoms with Gasteiger partial charge in [-0.05, 0) is 19.3 Å². The van der Waals surface area contributed by atoms with E-state index in [4.69, 9.17) is 5.11 Å². The minimum absolute atomic E-state index is 0.0723. The fraction of sp³-hybridized carbons (Fsp3) is 0.909. The number of rotatable bonds is 10. The Morgan fingerprint density at radius 2 is 1.65 bits per heavy atom. The SMILES string of the molecule is CCCCCC(CCCCC(=O)O)P(=O)(O)O. The third-order valence-electron chi connectivity index (χ3n) is 2.79. The second-order valence-electron chi connectivity index (χ2n) is 4.38. The van der Waals surface area contributed by atoms with Crippen molar-refractivity contribution < 1.29 is 24.3 Å². The third-order valence-corrected chi connectivity index (χ3v) is 4.26. The molecule has 3 N–H and O–H groups in total. The largest absolute Gasteiger partial charge is 0.481 e. The van der Waals surface area contributed by atoms with Crippen LogP contribution in [0, 0.1) is 0 Å². The second-order valence-corrected chi connectivity index (χ2v) is 6.29. The number of hydrogen-bond donors (Lipinski definition) is 3. The van der Waals surface area contributed by atoms with Gasteiger partial charge in [-0.1, -0.05) is 32.6 Å². The molecule has 0 aromatic rings. The molecule has 0 aliphatic heterocycles. The van der Waals surface area contributed by atoms with Crippen molar-refractivity contribution in [1.29, 1.82) is 0 Å². The van der Waals surface area contributed by atoms with Gasteiger partial charge in [-0.25, -0.2) is 0 Å². The fourth-order valence-electron chi connectivity index (χ4n) is 1.77. The Bertz CT molecular complexity index is 261. The van der Waals surface area contributed by atoms with Crippen molar-refractivity contribution in [2.24, 2.45) is 0 Å². The summed E-state index contributed by atoms with van der Waals surface area (Å²) in [5, 5.41) is 8.46. The van der Waals surface area contributed by atoms with Crippen LogP contribution in [-0.2, 0) is 9.36 Å². The molecule has 0 saturated heterocycles. The fourth-order valence-corrected chi connectivity index (χ4v) is 2.80. The lowest BCUT2D eigenvalue weighted by Gasteiger charge is -2.17. The van der Waals surface area contributed by atoms with Gasteiger partial charge in [0.15, 0.2) is 0 Å². The molecule has 1 atom stereocenters. The van der Waals surface area contributed by atoms with Crippen molar-refractivity contribution in [3.05, 3.63) is 0 Å². The summed E-state index contributed by atoms with van der Waals surface area (Å²) in [7, 11) is -4.03. The van der Waals surface area contributed by atoms with Gasteiger partial charge in [0.25, 0.3) is 0 Å². The zero-order valence-corrected chi connectivity index (χ0v) is 11.2. The first-order valence-corrected chi connectivity index (χ1v) is 7.83. The van der Waals surface area contributed by atoms with Gasteiger partial charge in [0.2, 0.25) is 0 Å². The monoisotopic (exact) mass is 266 g/mol. The molecule has 0 aromatic carbocycles. The molecule has 0 rings (SSSR count). The molecular weight excluding hydrogens is 243 g/mol. The van der Waals surface area contributed by atoms with Crippen LogP contribution in [0.3, 0.4) is 0 Å². The zero-order valence-electron chi connectivity index (χ0n) is 10.3. The predicted octanol–water partition coefficient (Wildman–Crippen LogP) is 2.76. The van der Waals surface area contributed by atoms with Gasteiger partial charge in [0, 0.05) is 6.42 Å². The lowest BCUT2D eigenvalue weighted by molar-refractivity contribution is -0.137. The Morgan fingerprint density at radius 1 is 1.12 bits per heavy atom. The van der Waals surface area contributed by atoms with Gasteiger partial charge >= 0.3 is 13.6 Å². The summed E-state index contributed by atoms with van der Waals surface area (Å²) in [5.74, 6) is -0.858. The normalized spacial score (nSPS) is 13.6. The lowest BCUT2D eigenvalue weighted by Crippen LogP contribution is -2.09. The van der Waals surface area contributed by atoms with E-state index in [9.17, 15) is 19.1 Å². The molecule has 17 heavy (non-hydrogen) atoms. The summed E-state index contributed by atoms with van der Waals surface area (Å²) in [6.07, 6.45) is 4.90. The van der Waals surface area contributed by atoms with E-state index in [2.05, 4.69) is 0 Å². The lowest BCUT2D eigenvalue weighted by atomic mass is 10.1. The van der Waals surface area contributed by atoms with Crippen molar-refractivity contribution >= 4 is 13.6 Å². The van der Waals surface area contributed by atoms with E-state index in [0.29, 0.717) is 25.7 Å². The summed E-state index contributed by atoms with van der Waals surface area (Å²) in [5.41, 5.74) is -0.595. The van der Waals surface area contributed by atoms with E-state index in [1.165, 1.54) is 0 Å². The van der Waals surface area contributed by atoms with Crippen molar-refractivity contribution in [2.75, 3.05) is 0 Å². The molecule has 0 amide bonds. The number of carboxylic acids is 1. The Morgan fingerprint density at radius 3 is 2.06 bits per heavy atom. The van der Waals surface area contributed by atoms with Crippen LogP contribution in [-0.4, -0.2) is 26.5 Å². The number of unbranched alkanes of at least 4 members (excludes halogenated alkanes) is 3. The number of hydrogen-bond acceptors (Lipinski definition) is 2. The van der Waals surface area contributed by atoms with Crippen molar-refractivity contribution in [2.45, 2.75) is 63.9 Å². The van der Waals surface area contributed by atoms with Gasteiger partial charge in [-0.2, -0.15) is 0 Å². The molecule has 0 spiro atoms. The Labute approximate surface area is 102 Å². The molecule has 1 unspecified atom stereocenters. The average molecular weight is 266 g/mol. The summed E-state index contributed by atoms with van der Waals surface area (Å²) in [4.78, 5) is 28.7. The molecule has 6 heteroatoms. The number of carbonyl (C=O) groups is 1. The van der Waals surface area contributed by atoms with Crippen LogP contribution in [0.2, 0.25) is 0 Å². The molecule has 0 fully saturated rings. The molecule has 102 valence electrons. The maximum absolute atomic E-state index is 11.2. The first-order valence-electron chi connectivity index (χ1n) is 6.15. The summed E-state index contributed by atoms with van der Waals surface area (Å²) in [6, 6.07) is 0. The van der Waals surface area contributed by atoms with Gasteiger partial charge in [-0.3, -0.25) is 9.36 Å². The Balaban J connectivity index is 3.95. The van der Waals surface area contributed by atoms with Crippen LogP contribution in [0.15, 0.2) is 0 Å². The minimum Gasteiger partial charge on any atom is -0.481 e. The summed E-state index contributed by atoms with van der Waals surface area (Å²) >= 11 is 0. The summed E-state index contributed by atoms with van der Waals surface area (Å²) in [6.45, 7) is 2.04. The van der Waals surface area contributed by atoms with Crippen LogP contribution in [0.4, 0.5) is 0 Å². The molecule has 0 aliphatic rings. The van der Waals surface area contributed by atoms with Crippen molar-refractivity contribution in [3.63, 3.8) is 0 Å².